The highest BCUT2D eigenvalue weighted by Gasteiger charge is 2.33. The lowest BCUT2D eigenvalue weighted by atomic mass is 9.96. The Kier molecular flexibility index (Phi) is 5.24. The highest BCUT2D eigenvalue weighted by atomic mass is 32.2. The molecule has 1 amide bonds. The van der Waals surface area contributed by atoms with Crippen LogP contribution in [0.25, 0.3) is 0 Å². The van der Waals surface area contributed by atoms with Crippen molar-refractivity contribution in [2.45, 2.75) is 51.0 Å². The van der Waals surface area contributed by atoms with Crippen LogP contribution in [0.1, 0.15) is 44.9 Å². The predicted molar refractivity (Wildman–Crippen MR) is 77.6 cm³/mol. The topological polar surface area (TPSA) is 91.8 Å². The second-order valence-corrected chi connectivity index (χ2v) is 8.37. The van der Waals surface area contributed by atoms with E-state index >= 15 is 0 Å². The number of amides is 1. The molecule has 0 radical (unpaired) electrons. The van der Waals surface area contributed by atoms with Crippen LogP contribution in [0.2, 0.25) is 0 Å². The number of carboxylic acids is 1. The molecule has 7 heteroatoms. The Morgan fingerprint density at radius 1 is 1.19 bits per heavy atom. The summed E-state index contributed by atoms with van der Waals surface area (Å²) in [6, 6.07) is 0.000334. The fraction of sp³-hybridized carbons (Fsp3) is 0.857. The zero-order valence-corrected chi connectivity index (χ0v) is 13.0. The number of likely N-dealkylation sites (tertiary alicyclic amines) is 1. The summed E-state index contributed by atoms with van der Waals surface area (Å²) in [6.07, 6.45) is 4.23. The lowest BCUT2D eigenvalue weighted by Gasteiger charge is -2.36. The molecule has 0 aromatic heterocycles. The van der Waals surface area contributed by atoms with Crippen molar-refractivity contribution in [3.8, 4) is 0 Å². The molecule has 2 aliphatic heterocycles. The van der Waals surface area contributed by atoms with Crippen molar-refractivity contribution < 1.29 is 23.1 Å². The predicted octanol–water partition coefficient (Wildman–Crippen LogP) is 1.06. The number of hydrogen-bond acceptors (Lipinski definition) is 4. The van der Waals surface area contributed by atoms with Gasteiger partial charge in [-0.15, -0.1) is 0 Å². The first-order chi connectivity index (χ1) is 9.87. The Balaban J connectivity index is 1.90. The molecule has 0 spiro atoms. The van der Waals surface area contributed by atoms with Gasteiger partial charge < -0.3 is 10.0 Å². The van der Waals surface area contributed by atoms with Crippen LogP contribution >= 0.6 is 0 Å². The smallest absolute Gasteiger partial charge is 0.303 e. The molecular weight excluding hydrogens is 294 g/mol. The molecule has 21 heavy (non-hydrogen) atoms. The van der Waals surface area contributed by atoms with E-state index in [1.54, 1.807) is 4.90 Å². The highest BCUT2D eigenvalue weighted by Crippen LogP contribution is 2.26. The zero-order chi connectivity index (χ0) is 15.5. The number of piperidine rings is 1. The molecule has 2 fully saturated rings. The lowest BCUT2D eigenvalue weighted by molar-refractivity contribution is -0.140. The van der Waals surface area contributed by atoms with Gasteiger partial charge in [0.05, 0.1) is 11.5 Å². The second-order valence-electron chi connectivity index (χ2n) is 6.14. The summed E-state index contributed by atoms with van der Waals surface area (Å²) in [7, 11) is -2.96. The standard InChI is InChI=1S/C14H23NO5S/c16-13(9-11-6-8-21(19,20)10-11)15-7-2-1-3-12(15)4-5-14(17)18/h11-12H,1-10H2,(H,17,18). The minimum Gasteiger partial charge on any atom is -0.481 e. The van der Waals surface area contributed by atoms with Gasteiger partial charge in [-0.1, -0.05) is 0 Å². The third-order valence-electron chi connectivity index (χ3n) is 4.43. The highest BCUT2D eigenvalue weighted by molar-refractivity contribution is 7.91. The fourth-order valence-corrected chi connectivity index (χ4v) is 5.18. The van der Waals surface area contributed by atoms with E-state index in [0.717, 1.165) is 19.3 Å². The molecule has 0 aromatic rings. The molecule has 0 saturated carbocycles. The monoisotopic (exact) mass is 317 g/mol. The van der Waals surface area contributed by atoms with Gasteiger partial charge >= 0.3 is 5.97 Å². The molecule has 2 rings (SSSR count). The van der Waals surface area contributed by atoms with Crippen LogP contribution in [0.15, 0.2) is 0 Å². The average Bonchev–Trinajstić information content (AvgIpc) is 2.75. The molecule has 2 atom stereocenters. The van der Waals surface area contributed by atoms with Crippen LogP contribution in [-0.4, -0.2) is 54.4 Å². The van der Waals surface area contributed by atoms with Gasteiger partial charge in [-0.3, -0.25) is 9.59 Å². The summed E-state index contributed by atoms with van der Waals surface area (Å²) in [5.41, 5.74) is 0. The van der Waals surface area contributed by atoms with Gasteiger partial charge in [-0.25, -0.2) is 8.42 Å². The molecule has 1 N–H and O–H groups in total. The molecule has 0 bridgehead atoms. The van der Waals surface area contributed by atoms with Crippen molar-refractivity contribution in [3.63, 3.8) is 0 Å². The number of hydrogen-bond donors (Lipinski definition) is 1. The molecular formula is C14H23NO5S. The van der Waals surface area contributed by atoms with Crippen LogP contribution in [0.3, 0.4) is 0 Å². The van der Waals surface area contributed by atoms with Gasteiger partial charge in [0.2, 0.25) is 5.91 Å². The number of sulfone groups is 1. The van der Waals surface area contributed by atoms with Crippen LogP contribution in [-0.2, 0) is 19.4 Å². The number of carbonyl (C=O) groups excluding carboxylic acids is 1. The van der Waals surface area contributed by atoms with Crippen LogP contribution in [0, 0.1) is 5.92 Å². The first-order valence-electron chi connectivity index (χ1n) is 7.59. The maximum absolute atomic E-state index is 12.4. The molecule has 120 valence electrons. The summed E-state index contributed by atoms with van der Waals surface area (Å²) >= 11 is 0. The molecule has 2 unspecified atom stereocenters. The van der Waals surface area contributed by atoms with E-state index in [1.165, 1.54) is 0 Å². The van der Waals surface area contributed by atoms with E-state index in [1.807, 2.05) is 0 Å². The van der Waals surface area contributed by atoms with E-state index < -0.39 is 15.8 Å². The largest absolute Gasteiger partial charge is 0.481 e. The maximum Gasteiger partial charge on any atom is 0.303 e. The Labute approximate surface area is 125 Å². The van der Waals surface area contributed by atoms with E-state index in [-0.39, 0.29) is 42.2 Å². The van der Waals surface area contributed by atoms with Gasteiger partial charge in [-0.05, 0) is 38.0 Å². The van der Waals surface area contributed by atoms with Crippen molar-refractivity contribution in [1.29, 1.82) is 0 Å². The SMILES string of the molecule is O=C(O)CCC1CCCCN1C(=O)CC1CCS(=O)(=O)C1. The summed E-state index contributed by atoms with van der Waals surface area (Å²) < 4.78 is 22.9. The van der Waals surface area contributed by atoms with Gasteiger partial charge in [0.15, 0.2) is 9.84 Å². The summed E-state index contributed by atoms with van der Waals surface area (Å²) in [6.45, 7) is 0.669. The number of nitrogens with zero attached hydrogens (tertiary/aromatic N) is 1. The minimum absolute atomic E-state index is 0.000334. The Bertz CT molecular complexity index is 501. The molecule has 2 aliphatic rings. The molecule has 0 aromatic carbocycles. The molecule has 2 heterocycles. The van der Waals surface area contributed by atoms with E-state index in [0.29, 0.717) is 19.4 Å². The van der Waals surface area contributed by atoms with Gasteiger partial charge in [0, 0.05) is 25.4 Å². The van der Waals surface area contributed by atoms with Crippen molar-refractivity contribution >= 4 is 21.7 Å². The number of carboxylic acid groups (broad SMARTS) is 1. The van der Waals surface area contributed by atoms with Crippen molar-refractivity contribution in [2.75, 3.05) is 18.1 Å². The summed E-state index contributed by atoms with van der Waals surface area (Å²) in [5, 5.41) is 8.79. The van der Waals surface area contributed by atoms with Crippen molar-refractivity contribution in [2.24, 2.45) is 5.92 Å². The third kappa shape index (κ3) is 4.69. The third-order valence-corrected chi connectivity index (χ3v) is 6.27. The zero-order valence-electron chi connectivity index (χ0n) is 12.2. The first-order valence-corrected chi connectivity index (χ1v) is 9.41. The molecule has 0 aliphatic carbocycles. The molecule has 6 nitrogen and oxygen atoms in total. The van der Waals surface area contributed by atoms with E-state index in [4.69, 9.17) is 5.11 Å². The van der Waals surface area contributed by atoms with Gasteiger partial charge in [0.1, 0.15) is 0 Å². The van der Waals surface area contributed by atoms with Crippen LogP contribution in [0.5, 0.6) is 0 Å². The number of rotatable bonds is 5. The molecule has 2 saturated heterocycles. The number of carbonyl (C=O) groups is 2. The number of aliphatic carboxylic acids is 1. The van der Waals surface area contributed by atoms with E-state index in [2.05, 4.69) is 0 Å². The first kappa shape index (κ1) is 16.3. The van der Waals surface area contributed by atoms with Crippen LogP contribution < -0.4 is 0 Å². The quantitative estimate of drug-likeness (QED) is 0.818. The van der Waals surface area contributed by atoms with E-state index in [9.17, 15) is 18.0 Å². The average molecular weight is 317 g/mol. The summed E-state index contributed by atoms with van der Waals surface area (Å²) in [4.78, 5) is 24.9. The lowest BCUT2D eigenvalue weighted by Crippen LogP contribution is -2.44. The maximum atomic E-state index is 12.4. The fourth-order valence-electron chi connectivity index (χ4n) is 3.32. The van der Waals surface area contributed by atoms with Gasteiger partial charge in [-0.2, -0.15) is 0 Å². The summed E-state index contributed by atoms with van der Waals surface area (Å²) in [5.74, 6) is -0.605. The Morgan fingerprint density at radius 2 is 1.95 bits per heavy atom. The second kappa shape index (κ2) is 6.77. The Hall–Kier alpha value is -1.11. The minimum atomic E-state index is -2.96. The normalized spacial score (nSPS) is 28.5. The van der Waals surface area contributed by atoms with Crippen molar-refractivity contribution in [3.05, 3.63) is 0 Å². The Morgan fingerprint density at radius 3 is 2.57 bits per heavy atom. The van der Waals surface area contributed by atoms with Crippen molar-refractivity contribution in [1.82, 2.24) is 4.90 Å². The van der Waals surface area contributed by atoms with Gasteiger partial charge in [0.25, 0.3) is 0 Å². The van der Waals surface area contributed by atoms with Crippen LogP contribution in [0.4, 0.5) is 0 Å².